The Morgan fingerprint density at radius 1 is 0.378 bits per heavy atom. The summed E-state index contributed by atoms with van der Waals surface area (Å²) in [6.07, 6.45) is 0. The van der Waals surface area contributed by atoms with Gasteiger partial charge in [0.2, 0.25) is 0 Å². The Hall–Kier alpha value is -5.57. The van der Waals surface area contributed by atoms with Crippen molar-refractivity contribution in [3.63, 3.8) is 0 Å². The maximum atomic E-state index is 5.18. The summed E-state index contributed by atoms with van der Waals surface area (Å²) in [6.45, 7) is 0. The third kappa shape index (κ3) is 3.58. The molecule has 10 rings (SSSR count). The topological polar surface area (TPSA) is 12.9 Å². The molecule has 1 nitrogen and oxygen atoms in total. The first-order valence-corrected chi connectivity index (χ1v) is 16.2. The standard InChI is InChI=1S/C43H25NS/c1-2-11-26(12-3-1)42-35-23-24-36-40-28(18-10-20-39(40)45-43(36)41(35)34-17-8-9-19-38(34)44-42)27-21-22-33-31-15-5-4-13-29(31)30-14-6-7-16-32(30)37(33)25-27/h1-25H. The normalized spacial score (nSPS) is 12.0. The predicted octanol–water partition coefficient (Wildman–Crippen LogP) is 12.5. The molecule has 2 heteroatoms. The Kier molecular flexibility index (Phi) is 5.22. The quantitative estimate of drug-likeness (QED) is 0.183. The molecule has 2 heterocycles. The van der Waals surface area contributed by atoms with E-state index in [0.717, 1.165) is 16.8 Å². The van der Waals surface area contributed by atoms with Crippen molar-refractivity contribution >= 4 is 85.5 Å². The highest BCUT2D eigenvalue weighted by atomic mass is 32.1. The van der Waals surface area contributed by atoms with Crippen molar-refractivity contribution in [2.75, 3.05) is 0 Å². The lowest BCUT2D eigenvalue weighted by atomic mass is 9.91. The van der Waals surface area contributed by atoms with Gasteiger partial charge in [-0.2, -0.15) is 0 Å². The molecule has 0 unspecified atom stereocenters. The molecule has 0 saturated carbocycles. The molecular weight excluding hydrogens is 563 g/mol. The minimum Gasteiger partial charge on any atom is -0.247 e. The van der Waals surface area contributed by atoms with Crippen LogP contribution in [0.5, 0.6) is 0 Å². The summed E-state index contributed by atoms with van der Waals surface area (Å²) in [6, 6.07) is 55.3. The van der Waals surface area contributed by atoms with Crippen molar-refractivity contribution in [3.05, 3.63) is 152 Å². The molecule has 0 aliphatic heterocycles. The Morgan fingerprint density at radius 2 is 0.978 bits per heavy atom. The number of aromatic nitrogens is 1. The zero-order chi connectivity index (χ0) is 29.5. The maximum Gasteiger partial charge on any atom is 0.0788 e. The van der Waals surface area contributed by atoms with E-state index in [-0.39, 0.29) is 0 Å². The van der Waals surface area contributed by atoms with Crippen LogP contribution in [0, 0.1) is 0 Å². The lowest BCUT2D eigenvalue weighted by Gasteiger charge is -2.13. The highest BCUT2D eigenvalue weighted by molar-refractivity contribution is 7.27. The van der Waals surface area contributed by atoms with E-state index in [1.54, 1.807) is 0 Å². The van der Waals surface area contributed by atoms with Crippen molar-refractivity contribution in [1.82, 2.24) is 4.98 Å². The number of pyridine rings is 1. The van der Waals surface area contributed by atoms with Crippen LogP contribution in [0.1, 0.15) is 0 Å². The molecule has 10 aromatic rings. The van der Waals surface area contributed by atoms with Gasteiger partial charge in [0.1, 0.15) is 0 Å². The van der Waals surface area contributed by atoms with Gasteiger partial charge in [-0.05, 0) is 61.6 Å². The molecule has 0 radical (unpaired) electrons. The van der Waals surface area contributed by atoms with E-state index in [9.17, 15) is 0 Å². The number of nitrogens with zero attached hydrogens (tertiary/aromatic N) is 1. The fourth-order valence-electron chi connectivity index (χ4n) is 7.45. The number of para-hydroxylation sites is 1. The summed E-state index contributed by atoms with van der Waals surface area (Å²) in [5.74, 6) is 0. The monoisotopic (exact) mass is 587 g/mol. The average molecular weight is 588 g/mol. The summed E-state index contributed by atoms with van der Waals surface area (Å²) >= 11 is 1.90. The van der Waals surface area contributed by atoms with Gasteiger partial charge in [-0.1, -0.05) is 133 Å². The van der Waals surface area contributed by atoms with Gasteiger partial charge in [-0.25, -0.2) is 4.98 Å². The largest absolute Gasteiger partial charge is 0.247 e. The Labute approximate surface area is 263 Å². The summed E-state index contributed by atoms with van der Waals surface area (Å²) in [5.41, 5.74) is 5.74. The summed E-state index contributed by atoms with van der Waals surface area (Å²) in [7, 11) is 0. The summed E-state index contributed by atoms with van der Waals surface area (Å²) in [5, 5.41) is 14.1. The van der Waals surface area contributed by atoms with E-state index in [0.29, 0.717) is 0 Å². The number of fused-ring (bicyclic) bond motifs is 13. The van der Waals surface area contributed by atoms with Crippen molar-refractivity contribution in [2.24, 2.45) is 0 Å². The maximum absolute atomic E-state index is 5.18. The zero-order valence-electron chi connectivity index (χ0n) is 24.3. The molecule has 0 spiro atoms. The third-order valence-electron chi connectivity index (χ3n) is 9.43. The van der Waals surface area contributed by atoms with E-state index >= 15 is 0 Å². The third-order valence-corrected chi connectivity index (χ3v) is 10.6. The van der Waals surface area contributed by atoms with Crippen molar-refractivity contribution in [1.29, 1.82) is 0 Å². The van der Waals surface area contributed by atoms with Gasteiger partial charge >= 0.3 is 0 Å². The van der Waals surface area contributed by atoms with Crippen LogP contribution in [0.2, 0.25) is 0 Å². The van der Waals surface area contributed by atoms with Crippen molar-refractivity contribution < 1.29 is 0 Å². The van der Waals surface area contributed by atoms with Gasteiger partial charge in [0, 0.05) is 41.9 Å². The van der Waals surface area contributed by atoms with Crippen LogP contribution in [0.15, 0.2) is 152 Å². The lowest BCUT2D eigenvalue weighted by Crippen LogP contribution is -1.89. The Morgan fingerprint density at radius 3 is 1.73 bits per heavy atom. The van der Waals surface area contributed by atoms with Crippen LogP contribution in [0.4, 0.5) is 0 Å². The molecule has 208 valence electrons. The summed E-state index contributed by atoms with van der Waals surface area (Å²) in [4.78, 5) is 5.18. The van der Waals surface area contributed by atoms with Gasteiger partial charge in [0.05, 0.1) is 11.2 Å². The number of benzene rings is 8. The first-order valence-electron chi connectivity index (χ1n) is 15.4. The Balaban J connectivity index is 1.30. The second kappa shape index (κ2) is 9.46. The van der Waals surface area contributed by atoms with Gasteiger partial charge in [-0.15, -0.1) is 11.3 Å². The lowest BCUT2D eigenvalue weighted by molar-refractivity contribution is 1.43. The van der Waals surface area contributed by atoms with E-state index in [1.165, 1.54) is 79.8 Å². The van der Waals surface area contributed by atoms with E-state index in [4.69, 9.17) is 4.98 Å². The zero-order valence-corrected chi connectivity index (χ0v) is 25.1. The Bertz CT molecular complexity index is 2770. The molecular formula is C43H25NS. The molecule has 0 bridgehead atoms. The molecule has 0 aliphatic carbocycles. The molecule has 0 fully saturated rings. The van der Waals surface area contributed by atoms with Gasteiger partial charge in [0.15, 0.2) is 0 Å². The van der Waals surface area contributed by atoms with Crippen LogP contribution >= 0.6 is 11.3 Å². The predicted molar refractivity (Wildman–Crippen MR) is 196 cm³/mol. The second-order valence-electron chi connectivity index (χ2n) is 11.8. The molecule has 45 heavy (non-hydrogen) atoms. The average Bonchev–Trinajstić information content (AvgIpc) is 3.51. The van der Waals surface area contributed by atoms with Gasteiger partial charge in [-0.3, -0.25) is 0 Å². The molecule has 0 atom stereocenters. The number of rotatable bonds is 2. The number of hydrogen-bond donors (Lipinski definition) is 0. The van der Waals surface area contributed by atoms with E-state index in [2.05, 4.69) is 152 Å². The van der Waals surface area contributed by atoms with Crippen LogP contribution in [-0.2, 0) is 0 Å². The first kappa shape index (κ1) is 24.8. The highest BCUT2D eigenvalue weighted by Gasteiger charge is 2.18. The van der Waals surface area contributed by atoms with Crippen LogP contribution in [0.3, 0.4) is 0 Å². The van der Waals surface area contributed by atoms with Gasteiger partial charge < -0.3 is 0 Å². The first-order chi connectivity index (χ1) is 22.3. The summed E-state index contributed by atoms with van der Waals surface area (Å²) < 4.78 is 2.63. The van der Waals surface area contributed by atoms with Crippen molar-refractivity contribution in [2.45, 2.75) is 0 Å². The minimum absolute atomic E-state index is 1.03. The SMILES string of the molecule is c1ccc(-c2nc3ccccc3c3c2ccc2c3sc3cccc(-c4ccc5c6ccccc6c6ccccc6c5c4)c32)cc1. The second-order valence-corrected chi connectivity index (χ2v) is 12.9. The van der Waals surface area contributed by atoms with Crippen LogP contribution in [-0.4, -0.2) is 4.98 Å². The van der Waals surface area contributed by atoms with E-state index < -0.39 is 0 Å². The smallest absolute Gasteiger partial charge is 0.0788 e. The molecule has 8 aromatic carbocycles. The van der Waals surface area contributed by atoms with Crippen LogP contribution in [0.25, 0.3) is 96.5 Å². The fourth-order valence-corrected chi connectivity index (χ4v) is 8.74. The van der Waals surface area contributed by atoms with Crippen molar-refractivity contribution in [3.8, 4) is 22.4 Å². The van der Waals surface area contributed by atoms with E-state index in [1.807, 2.05) is 11.3 Å². The fraction of sp³-hybridized carbons (Fsp3) is 0. The van der Waals surface area contributed by atoms with Gasteiger partial charge in [0.25, 0.3) is 0 Å². The van der Waals surface area contributed by atoms with Crippen LogP contribution < -0.4 is 0 Å². The molecule has 0 N–H and O–H groups in total. The highest BCUT2D eigenvalue weighted by Crippen LogP contribution is 2.46. The molecule has 2 aromatic heterocycles. The molecule has 0 aliphatic rings. The molecule has 0 amide bonds. The number of thiophene rings is 1. The minimum atomic E-state index is 1.03. The molecule has 0 saturated heterocycles. The number of hydrogen-bond acceptors (Lipinski definition) is 2.